The van der Waals surface area contributed by atoms with Gasteiger partial charge in [-0.3, -0.25) is 9.62 Å². The second-order valence-corrected chi connectivity index (χ2v) is 9.34. The van der Waals surface area contributed by atoms with Crippen LogP contribution in [0.15, 0.2) is 53.6 Å². The molecule has 0 spiro atoms. The fraction of sp³-hybridized carbons (Fsp3) is 0.360. The summed E-state index contributed by atoms with van der Waals surface area (Å²) in [7, 11) is 3.89. The van der Waals surface area contributed by atoms with Crippen LogP contribution in [0.5, 0.6) is 11.5 Å². The third kappa shape index (κ3) is 6.59. The summed E-state index contributed by atoms with van der Waals surface area (Å²) in [5.41, 5.74) is 2.72. The molecule has 3 N–H and O–H groups in total. The topological polar surface area (TPSA) is 83.6 Å². The Hall–Kier alpha value is -2.95. The first-order valence-corrected chi connectivity index (χ1v) is 12.9. The van der Waals surface area contributed by atoms with Gasteiger partial charge in [-0.2, -0.15) is 4.98 Å². The van der Waals surface area contributed by atoms with Crippen LogP contribution in [0.4, 0.5) is 23.1 Å². The van der Waals surface area contributed by atoms with Crippen molar-refractivity contribution in [1.82, 2.24) is 19.6 Å². The van der Waals surface area contributed by atoms with E-state index >= 15 is 0 Å². The molecular formula is C25H33BN6O2S. The highest BCUT2D eigenvalue weighted by Gasteiger charge is 2.23. The van der Waals surface area contributed by atoms with E-state index in [1.807, 2.05) is 64.4 Å². The van der Waals surface area contributed by atoms with Gasteiger partial charge in [-0.25, -0.2) is 4.98 Å². The highest BCUT2D eigenvalue weighted by Crippen LogP contribution is 2.33. The molecule has 0 aliphatic carbocycles. The number of hydrogen-bond acceptors (Lipinski definition) is 9. The lowest BCUT2D eigenvalue weighted by atomic mass is 9.99. The lowest BCUT2D eigenvalue weighted by Gasteiger charge is -2.18. The number of rotatable bonds is 11. The van der Waals surface area contributed by atoms with Gasteiger partial charge in [-0.15, -0.1) is 0 Å². The number of likely N-dealkylation sites (tertiary alicyclic amines) is 1. The molecule has 0 saturated carbocycles. The number of anilines is 4. The number of likely N-dealkylation sites (N-methyl/N-ethyl adjacent to an activating group) is 1. The van der Waals surface area contributed by atoms with Crippen molar-refractivity contribution >= 4 is 48.4 Å². The van der Waals surface area contributed by atoms with Gasteiger partial charge in [0, 0.05) is 30.2 Å². The van der Waals surface area contributed by atoms with Crippen molar-refractivity contribution in [2.45, 2.75) is 31.3 Å². The molecule has 2 heterocycles. The summed E-state index contributed by atoms with van der Waals surface area (Å²) in [6.07, 6.45) is 3.06. The molecule has 1 aromatic heterocycles. The maximum Gasteiger partial charge on any atom is 0.229 e. The quantitative estimate of drug-likeness (QED) is 0.276. The van der Waals surface area contributed by atoms with E-state index in [9.17, 15) is 0 Å². The lowest BCUT2D eigenvalue weighted by molar-refractivity contribution is 0.201. The minimum Gasteiger partial charge on any atom is -0.492 e. The number of ether oxygens (including phenoxy) is 2. The molecule has 1 fully saturated rings. The first kappa shape index (κ1) is 25.2. The molecule has 10 heteroatoms. The molecule has 1 saturated heterocycles. The lowest BCUT2D eigenvalue weighted by Crippen LogP contribution is -2.24. The van der Waals surface area contributed by atoms with Gasteiger partial charge in [0.2, 0.25) is 5.95 Å². The van der Waals surface area contributed by atoms with E-state index in [1.54, 1.807) is 11.9 Å². The predicted octanol–water partition coefficient (Wildman–Crippen LogP) is 3.32. The third-order valence-electron chi connectivity index (χ3n) is 5.80. The van der Waals surface area contributed by atoms with E-state index in [1.165, 1.54) is 0 Å². The standard InChI is InChI=1S/C25H33BN6O2S/c1-4-32-13-12-18(16-32)34-17-10-11-20(22(14-17)33-5-2)30-25-28-15-19(26)24(31-25)29-21-8-6-7-9-23(21)35-27-3/h6-11,14-15,18,27H,4-5,12-13,16,26H2,1-3H3,(H2,28,29,30,31). The predicted molar refractivity (Wildman–Crippen MR) is 147 cm³/mol. The van der Waals surface area contributed by atoms with Crippen LogP contribution in [0, 0.1) is 0 Å². The van der Waals surface area contributed by atoms with Crippen molar-refractivity contribution in [3.63, 3.8) is 0 Å². The van der Waals surface area contributed by atoms with Crippen LogP contribution in [0.2, 0.25) is 0 Å². The summed E-state index contributed by atoms with van der Waals surface area (Å²) >= 11 is 1.55. The molecule has 1 atom stereocenters. The van der Waals surface area contributed by atoms with Crippen molar-refractivity contribution in [2.75, 3.05) is 43.9 Å². The van der Waals surface area contributed by atoms with Gasteiger partial charge in [-0.1, -0.05) is 19.1 Å². The Morgan fingerprint density at radius 2 is 2.00 bits per heavy atom. The normalized spacial score (nSPS) is 15.7. The summed E-state index contributed by atoms with van der Waals surface area (Å²) in [6, 6.07) is 14.0. The molecule has 1 unspecified atom stereocenters. The Balaban J connectivity index is 1.51. The zero-order valence-corrected chi connectivity index (χ0v) is 21.6. The smallest absolute Gasteiger partial charge is 0.229 e. The minimum absolute atomic E-state index is 0.209. The van der Waals surface area contributed by atoms with Gasteiger partial charge in [-0.05, 0) is 68.6 Å². The molecule has 1 aliphatic rings. The Bertz CT molecular complexity index is 1130. The van der Waals surface area contributed by atoms with Gasteiger partial charge >= 0.3 is 0 Å². The van der Waals surface area contributed by atoms with Crippen molar-refractivity contribution in [2.24, 2.45) is 0 Å². The van der Waals surface area contributed by atoms with Crippen LogP contribution in [0.3, 0.4) is 0 Å². The number of para-hydroxylation sites is 1. The van der Waals surface area contributed by atoms with Gasteiger partial charge in [0.1, 0.15) is 31.3 Å². The maximum atomic E-state index is 6.23. The molecule has 3 aromatic rings. The summed E-state index contributed by atoms with van der Waals surface area (Å²) in [5.74, 6) is 2.75. The van der Waals surface area contributed by atoms with Crippen molar-refractivity contribution in [3.05, 3.63) is 48.7 Å². The van der Waals surface area contributed by atoms with Crippen molar-refractivity contribution < 1.29 is 9.47 Å². The third-order valence-corrected chi connectivity index (χ3v) is 6.58. The Kier molecular flexibility index (Phi) is 8.73. The molecular weight excluding hydrogens is 459 g/mol. The fourth-order valence-electron chi connectivity index (χ4n) is 3.97. The van der Waals surface area contributed by atoms with Crippen LogP contribution in [-0.4, -0.2) is 62.1 Å². The van der Waals surface area contributed by atoms with E-state index < -0.39 is 0 Å². The van der Waals surface area contributed by atoms with E-state index in [0.717, 1.165) is 59.4 Å². The van der Waals surface area contributed by atoms with E-state index in [2.05, 4.69) is 38.2 Å². The highest BCUT2D eigenvalue weighted by atomic mass is 32.2. The van der Waals surface area contributed by atoms with Crippen molar-refractivity contribution in [1.29, 1.82) is 0 Å². The molecule has 0 radical (unpaired) electrons. The van der Waals surface area contributed by atoms with Gasteiger partial charge in [0.05, 0.1) is 18.0 Å². The van der Waals surface area contributed by atoms with Crippen LogP contribution in [0.1, 0.15) is 20.3 Å². The monoisotopic (exact) mass is 492 g/mol. The summed E-state index contributed by atoms with van der Waals surface area (Å²) in [5, 5.41) is 6.76. The summed E-state index contributed by atoms with van der Waals surface area (Å²) < 4.78 is 15.3. The van der Waals surface area contributed by atoms with Gasteiger partial charge in [0.15, 0.2) is 0 Å². The summed E-state index contributed by atoms with van der Waals surface area (Å²) in [4.78, 5) is 12.7. The van der Waals surface area contributed by atoms with Crippen LogP contribution >= 0.6 is 11.9 Å². The van der Waals surface area contributed by atoms with E-state index in [-0.39, 0.29) is 6.10 Å². The number of nitrogens with zero attached hydrogens (tertiary/aromatic N) is 3. The molecule has 0 bridgehead atoms. The molecule has 4 rings (SSSR count). The van der Waals surface area contributed by atoms with Gasteiger partial charge < -0.3 is 20.1 Å². The number of benzene rings is 2. The van der Waals surface area contributed by atoms with E-state index in [0.29, 0.717) is 18.3 Å². The highest BCUT2D eigenvalue weighted by molar-refractivity contribution is 7.97. The maximum absolute atomic E-state index is 6.23. The second-order valence-electron chi connectivity index (χ2n) is 8.29. The second kappa shape index (κ2) is 12.1. The SMILES string of the molecule is Bc1cnc(Nc2ccc(OC3CCN(CC)C3)cc2OCC)nc1Nc1ccccc1SNC. The molecule has 8 nitrogen and oxygen atoms in total. The fourth-order valence-corrected chi connectivity index (χ4v) is 4.57. The number of hydrogen-bond donors (Lipinski definition) is 3. The largest absolute Gasteiger partial charge is 0.492 e. The van der Waals surface area contributed by atoms with Crippen molar-refractivity contribution in [3.8, 4) is 11.5 Å². The molecule has 35 heavy (non-hydrogen) atoms. The first-order valence-electron chi connectivity index (χ1n) is 12.1. The van der Waals surface area contributed by atoms with E-state index in [4.69, 9.17) is 14.5 Å². The number of aromatic nitrogens is 2. The molecule has 1 aliphatic heterocycles. The molecule has 2 aromatic carbocycles. The summed E-state index contributed by atoms with van der Waals surface area (Å²) in [6.45, 7) is 7.80. The first-order chi connectivity index (χ1) is 17.1. The zero-order chi connectivity index (χ0) is 24.6. The average molecular weight is 492 g/mol. The zero-order valence-electron chi connectivity index (χ0n) is 20.8. The Morgan fingerprint density at radius 3 is 2.77 bits per heavy atom. The van der Waals surface area contributed by atoms with Gasteiger partial charge in [0.25, 0.3) is 0 Å². The number of nitrogens with one attached hydrogen (secondary N) is 3. The Labute approximate surface area is 212 Å². The minimum atomic E-state index is 0.209. The molecule has 184 valence electrons. The van der Waals surface area contributed by atoms with Crippen LogP contribution in [0.25, 0.3) is 0 Å². The Morgan fingerprint density at radius 1 is 1.14 bits per heavy atom. The van der Waals surface area contributed by atoms with Crippen LogP contribution < -0.4 is 30.3 Å². The molecule has 0 amide bonds. The van der Waals surface area contributed by atoms with Crippen LogP contribution in [-0.2, 0) is 0 Å². The average Bonchev–Trinajstić information content (AvgIpc) is 3.32.